The van der Waals surface area contributed by atoms with Crippen LogP contribution >= 0.6 is 15.9 Å². The van der Waals surface area contributed by atoms with E-state index < -0.39 is 11.8 Å². The van der Waals surface area contributed by atoms with E-state index in [0.717, 1.165) is 15.8 Å². The Morgan fingerprint density at radius 1 is 1.35 bits per heavy atom. The normalized spacial score (nSPS) is 10.6. The van der Waals surface area contributed by atoms with Crippen molar-refractivity contribution < 1.29 is 19.1 Å². The number of nitrogens with zero attached hydrogens (tertiary/aromatic N) is 1. The molecule has 0 saturated heterocycles. The second-order valence-corrected chi connectivity index (χ2v) is 5.28. The average molecular weight is 386 g/mol. The van der Waals surface area contributed by atoms with Gasteiger partial charge in [-0.05, 0) is 53.0 Å². The van der Waals surface area contributed by atoms with E-state index in [1.54, 1.807) is 25.3 Å². The third kappa shape index (κ3) is 7.25. The van der Waals surface area contributed by atoms with Crippen molar-refractivity contribution in [1.82, 2.24) is 10.7 Å². The zero-order valence-electron chi connectivity index (χ0n) is 13.1. The standard InChI is InChI=1S/C15H20BrN3O4/c1-3-23-13-6-5-11(9-12(13)16)10-18-19-15(21)14(20)17-7-4-8-22-2/h5-6,9-10H,3-4,7-8H2,1-2H3,(H,17,20)(H,19,21)/b18-10-. The predicted molar refractivity (Wildman–Crippen MR) is 90.6 cm³/mol. The highest BCUT2D eigenvalue weighted by atomic mass is 79.9. The number of ether oxygens (including phenoxy) is 2. The summed E-state index contributed by atoms with van der Waals surface area (Å²) in [5.41, 5.74) is 2.92. The van der Waals surface area contributed by atoms with Crippen molar-refractivity contribution in [3.63, 3.8) is 0 Å². The number of nitrogens with one attached hydrogen (secondary N) is 2. The lowest BCUT2D eigenvalue weighted by molar-refractivity contribution is -0.139. The number of hydrogen-bond acceptors (Lipinski definition) is 5. The predicted octanol–water partition coefficient (Wildman–Crippen LogP) is 1.45. The van der Waals surface area contributed by atoms with Crippen molar-refractivity contribution in [1.29, 1.82) is 0 Å². The molecular formula is C15H20BrN3O4. The molecule has 126 valence electrons. The van der Waals surface area contributed by atoms with E-state index >= 15 is 0 Å². The zero-order chi connectivity index (χ0) is 17.1. The molecule has 0 aliphatic carbocycles. The van der Waals surface area contributed by atoms with Gasteiger partial charge in [-0.1, -0.05) is 0 Å². The van der Waals surface area contributed by atoms with Gasteiger partial charge in [-0.15, -0.1) is 0 Å². The number of hydrazone groups is 1. The van der Waals surface area contributed by atoms with E-state index in [-0.39, 0.29) is 0 Å². The molecule has 0 saturated carbocycles. The fraction of sp³-hybridized carbons (Fsp3) is 0.400. The third-order valence-electron chi connectivity index (χ3n) is 2.65. The van der Waals surface area contributed by atoms with E-state index in [2.05, 4.69) is 31.8 Å². The number of hydrogen-bond donors (Lipinski definition) is 2. The number of amides is 2. The van der Waals surface area contributed by atoms with Crippen LogP contribution in [-0.2, 0) is 14.3 Å². The monoisotopic (exact) mass is 385 g/mol. The Morgan fingerprint density at radius 3 is 2.78 bits per heavy atom. The Labute approximate surface area is 143 Å². The number of rotatable bonds is 8. The fourth-order valence-corrected chi connectivity index (χ4v) is 2.10. The lowest BCUT2D eigenvalue weighted by atomic mass is 10.2. The van der Waals surface area contributed by atoms with Gasteiger partial charge in [0.25, 0.3) is 0 Å². The SMILES string of the molecule is CCOc1ccc(/C=N\NC(=O)C(=O)NCCCOC)cc1Br. The highest BCUT2D eigenvalue weighted by Crippen LogP contribution is 2.25. The van der Waals surface area contributed by atoms with Crippen LogP contribution in [-0.4, -0.2) is 44.9 Å². The van der Waals surface area contributed by atoms with Gasteiger partial charge in [0.05, 0.1) is 17.3 Å². The molecule has 0 spiro atoms. The number of methoxy groups -OCH3 is 1. The van der Waals surface area contributed by atoms with Gasteiger partial charge in [-0.25, -0.2) is 5.43 Å². The highest BCUT2D eigenvalue weighted by Gasteiger charge is 2.11. The first-order valence-corrected chi connectivity index (χ1v) is 7.90. The Hall–Kier alpha value is -1.93. The van der Waals surface area contributed by atoms with Crippen LogP contribution in [0.15, 0.2) is 27.8 Å². The molecule has 1 aromatic carbocycles. The number of carbonyl (C=O) groups is 2. The second-order valence-electron chi connectivity index (χ2n) is 4.42. The van der Waals surface area contributed by atoms with E-state index in [9.17, 15) is 9.59 Å². The Balaban J connectivity index is 2.44. The molecule has 2 N–H and O–H groups in total. The minimum Gasteiger partial charge on any atom is -0.493 e. The summed E-state index contributed by atoms with van der Waals surface area (Å²) in [6.07, 6.45) is 2.08. The summed E-state index contributed by atoms with van der Waals surface area (Å²) in [4.78, 5) is 23.0. The maximum absolute atomic E-state index is 11.5. The van der Waals surface area contributed by atoms with Crippen molar-refractivity contribution in [2.75, 3.05) is 26.9 Å². The van der Waals surface area contributed by atoms with Crippen LogP contribution in [0, 0.1) is 0 Å². The van der Waals surface area contributed by atoms with Crippen LogP contribution < -0.4 is 15.5 Å². The Kier molecular flexibility index (Phi) is 8.93. The number of carbonyl (C=O) groups excluding carboxylic acids is 2. The van der Waals surface area contributed by atoms with E-state index in [1.807, 2.05) is 6.92 Å². The first-order chi connectivity index (χ1) is 11.1. The minimum absolute atomic E-state index is 0.371. The van der Waals surface area contributed by atoms with Crippen molar-refractivity contribution in [3.05, 3.63) is 28.2 Å². The lowest BCUT2D eigenvalue weighted by Crippen LogP contribution is -2.38. The molecule has 0 radical (unpaired) electrons. The highest BCUT2D eigenvalue weighted by molar-refractivity contribution is 9.10. The molecule has 0 fully saturated rings. The number of halogens is 1. The largest absolute Gasteiger partial charge is 0.493 e. The summed E-state index contributed by atoms with van der Waals surface area (Å²) >= 11 is 3.38. The van der Waals surface area contributed by atoms with Crippen molar-refractivity contribution in [2.45, 2.75) is 13.3 Å². The fourth-order valence-electron chi connectivity index (χ4n) is 1.58. The summed E-state index contributed by atoms with van der Waals surface area (Å²) in [6.45, 7) is 3.36. The molecular weight excluding hydrogens is 366 g/mol. The van der Waals surface area contributed by atoms with Gasteiger partial charge in [-0.3, -0.25) is 9.59 Å². The molecule has 2 amide bonds. The van der Waals surface area contributed by atoms with Crippen LogP contribution in [0.1, 0.15) is 18.9 Å². The van der Waals surface area contributed by atoms with Crippen molar-refractivity contribution >= 4 is 34.0 Å². The molecule has 7 nitrogen and oxygen atoms in total. The molecule has 0 aliphatic heterocycles. The van der Waals surface area contributed by atoms with Gasteiger partial charge >= 0.3 is 11.8 Å². The van der Waals surface area contributed by atoms with Gasteiger partial charge in [0.2, 0.25) is 0 Å². The molecule has 0 aromatic heterocycles. The van der Waals surface area contributed by atoms with Gasteiger partial charge in [0, 0.05) is 20.3 Å². The summed E-state index contributed by atoms with van der Waals surface area (Å²) in [5.74, 6) is -0.820. The Morgan fingerprint density at radius 2 is 2.13 bits per heavy atom. The smallest absolute Gasteiger partial charge is 0.329 e. The van der Waals surface area contributed by atoms with Crippen LogP contribution in [0.5, 0.6) is 5.75 Å². The van der Waals surface area contributed by atoms with Gasteiger partial charge < -0.3 is 14.8 Å². The van der Waals surface area contributed by atoms with E-state index in [1.165, 1.54) is 6.21 Å². The number of benzene rings is 1. The van der Waals surface area contributed by atoms with Gasteiger partial charge in [0.15, 0.2) is 0 Å². The van der Waals surface area contributed by atoms with Gasteiger partial charge in [-0.2, -0.15) is 5.10 Å². The van der Waals surface area contributed by atoms with Crippen molar-refractivity contribution in [2.24, 2.45) is 5.10 Å². The maximum atomic E-state index is 11.5. The summed E-state index contributed by atoms with van der Waals surface area (Å²) < 4.78 is 11.0. The first kappa shape index (κ1) is 19.1. The van der Waals surface area contributed by atoms with Crippen LogP contribution in [0.4, 0.5) is 0 Å². The molecule has 0 aliphatic rings. The lowest BCUT2D eigenvalue weighted by Gasteiger charge is -2.06. The summed E-state index contributed by atoms with van der Waals surface area (Å²) in [7, 11) is 1.57. The molecule has 0 atom stereocenters. The summed E-state index contributed by atoms with van der Waals surface area (Å²) in [6, 6.07) is 5.38. The molecule has 1 rings (SSSR count). The molecule has 1 aromatic rings. The molecule has 23 heavy (non-hydrogen) atoms. The van der Waals surface area contributed by atoms with Crippen molar-refractivity contribution in [3.8, 4) is 5.75 Å². The van der Waals surface area contributed by atoms with E-state index in [4.69, 9.17) is 9.47 Å². The molecule has 0 bridgehead atoms. The zero-order valence-corrected chi connectivity index (χ0v) is 14.7. The topological polar surface area (TPSA) is 89.0 Å². The molecule has 0 unspecified atom stereocenters. The summed E-state index contributed by atoms with van der Waals surface area (Å²) in [5, 5.41) is 6.22. The third-order valence-corrected chi connectivity index (χ3v) is 3.27. The van der Waals surface area contributed by atoms with Crippen LogP contribution in [0.2, 0.25) is 0 Å². The Bertz CT molecular complexity index is 564. The minimum atomic E-state index is -0.816. The quantitative estimate of drug-likeness (QED) is 0.306. The second kappa shape index (κ2) is 10.7. The maximum Gasteiger partial charge on any atom is 0.329 e. The van der Waals surface area contributed by atoms with E-state index in [0.29, 0.717) is 26.2 Å². The first-order valence-electron chi connectivity index (χ1n) is 7.11. The van der Waals surface area contributed by atoms with Crippen LogP contribution in [0.25, 0.3) is 0 Å². The molecule has 0 heterocycles. The van der Waals surface area contributed by atoms with Gasteiger partial charge in [0.1, 0.15) is 5.75 Å². The molecule has 8 heteroatoms. The van der Waals surface area contributed by atoms with Crippen LogP contribution in [0.3, 0.4) is 0 Å². The average Bonchev–Trinajstić information content (AvgIpc) is 2.54.